The van der Waals surface area contributed by atoms with Crippen LogP contribution < -0.4 is 10.5 Å². The van der Waals surface area contributed by atoms with E-state index in [9.17, 15) is 8.42 Å². The third-order valence-corrected chi connectivity index (χ3v) is 4.92. The van der Waals surface area contributed by atoms with Crippen molar-refractivity contribution in [3.05, 3.63) is 29.8 Å². The summed E-state index contributed by atoms with van der Waals surface area (Å²) >= 11 is 4.89. The molecule has 4 nitrogen and oxygen atoms in total. The van der Waals surface area contributed by atoms with Crippen molar-refractivity contribution in [1.82, 2.24) is 4.72 Å². The first-order valence-corrected chi connectivity index (χ1v) is 7.81. The Morgan fingerprint density at radius 1 is 1.28 bits per heavy atom. The molecule has 3 N–H and O–H groups in total. The zero-order valence-corrected chi connectivity index (χ0v) is 11.6. The third-order valence-electron chi connectivity index (χ3n) is 3.12. The first-order valence-electron chi connectivity index (χ1n) is 5.92. The van der Waals surface area contributed by atoms with Gasteiger partial charge < -0.3 is 5.73 Å². The molecule has 0 saturated heterocycles. The molecule has 0 unspecified atom stereocenters. The molecule has 0 bridgehead atoms. The van der Waals surface area contributed by atoms with Crippen molar-refractivity contribution in [3.8, 4) is 0 Å². The van der Waals surface area contributed by atoms with Crippen LogP contribution in [0.2, 0.25) is 0 Å². The van der Waals surface area contributed by atoms with E-state index in [4.69, 9.17) is 18.0 Å². The predicted octanol–water partition coefficient (Wildman–Crippen LogP) is 1.54. The molecule has 0 spiro atoms. The Bertz CT molecular complexity index is 549. The van der Waals surface area contributed by atoms with Gasteiger partial charge in [-0.05, 0) is 18.9 Å². The number of thiocarbonyl (C=S) groups is 1. The summed E-state index contributed by atoms with van der Waals surface area (Å²) in [5.41, 5.74) is 5.96. The molecule has 1 aromatic carbocycles. The van der Waals surface area contributed by atoms with Crippen molar-refractivity contribution in [2.24, 2.45) is 5.73 Å². The molecule has 1 aromatic rings. The number of nitrogens with one attached hydrogen (secondary N) is 1. The standard InChI is InChI=1S/C12H16N2O2S2/c13-12(17)10-7-3-4-8-11(10)18(15,16)14-9-5-1-2-6-9/h3-4,7-9,14H,1-2,5-6H2,(H2,13,17). The van der Waals surface area contributed by atoms with Crippen LogP contribution in [0.5, 0.6) is 0 Å². The summed E-state index contributed by atoms with van der Waals surface area (Å²) < 4.78 is 27.3. The van der Waals surface area contributed by atoms with Gasteiger partial charge in [-0.25, -0.2) is 13.1 Å². The Morgan fingerprint density at radius 2 is 1.89 bits per heavy atom. The van der Waals surface area contributed by atoms with Crippen LogP contribution in [-0.2, 0) is 10.0 Å². The maximum Gasteiger partial charge on any atom is 0.241 e. The number of nitrogens with two attached hydrogens (primary N) is 1. The molecule has 0 atom stereocenters. The van der Waals surface area contributed by atoms with Crippen LogP contribution in [0.4, 0.5) is 0 Å². The van der Waals surface area contributed by atoms with Crippen molar-refractivity contribution in [2.45, 2.75) is 36.6 Å². The van der Waals surface area contributed by atoms with Gasteiger partial charge in [-0.2, -0.15) is 0 Å². The molecule has 0 radical (unpaired) electrons. The minimum Gasteiger partial charge on any atom is -0.389 e. The summed E-state index contributed by atoms with van der Waals surface area (Å²) in [6, 6.07) is 6.60. The van der Waals surface area contributed by atoms with Gasteiger partial charge in [-0.1, -0.05) is 43.3 Å². The van der Waals surface area contributed by atoms with Crippen molar-refractivity contribution in [1.29, 1.82) is 0 Å². The van der Waals surface area contributed by atoms with E-state index in [2.05, 4.69) is 4.72 Å². The van der Waals surface area contributed by atoms with Crippen LogP contribution in [-0.4, -0.2) is 19.4 Å². The Kier molecular flexibility index (Phi) is 3.99. The molecular formula is C12H16N2O2S2. The zero-order chi connectivity index (χ0) is 13.2. The first-order chi connectivity index (χ1) is 8.50. The van der Waals surface area contributed by atoms with Gasteiger partial charge >= 0.3 is 0 Å². The third kappa shape index (κ3) is 2.88. The topological polar surface area (TPSA) is 72.2 Å². The number of benzene rings is 1. The quantitative estimate of drug-likeness (QED) is 0.823. The minimum absolute atomic E-state index is 0.0365. The van der Waals surface area contributed by atoms with Gasteiger partial charge in [-0.15, -0.1) is 0 Å². The molecule has 1 aliphatic carbocycles. The van der Waals surface area contributed by atoms with E-state index < -0.39 is 10.0 Å². The fourth-order valence-electron chi connectivity index (χ4n) is 2.23. The lowest BCUT2D eigenvalue weighted by Gasteiger charge is -2.14. The molecule has 2 rings (SSSR count). The summed E-state index contributed by atoms with van der Waals surface area (Å²) in [6.45, 7) is 0. The highest BCUT2D eigenvalue weighted by Crippen LogP contribution is 2.21. The number of hydrogen-bond acceptors (Lipinski definition) is 3. The molecule has 98 valence electrons. The fourth-order valence-corrected chi connectivity index (χ4v) is 4.00. The summed E-state index contributed by atoms with van der Waals surface area (Å²) in [5.74, 6) is 0. The summed E-state index contributed by atoms with van der Waals surface area (Å²) in [6.07, 6.45) is 3.94. The molecule has 0 heterocycles. The van der Waals surface area contributed by atoms with Gasteiger partial charge in [0.05, 0.1) is 4.90 Å². The van der Waals surface area contributed by atoms with E-state index in [1.54, 1.807) is 18.2 Å². The van der Waals surface area contributed by atoms with E-state index in [1.807, 2.05) is 0 Å². The average molecular weight is 284 g/mol. The second kappa shape index (κ2) is 5.34. The van der Waals surface area contributed by atoms with Gasteiger partial charge in [0.15, 0.2) is 0 Å². The largest absolute Gasteiger partial charge is 0.389 e. The highest BCUT2D eigenvalue weighted by molar-refractivity contribution is 7.89. The molecule has 0 amide bonds. The Hall–Kier alpha value is -0.980. The Morgan fingerprint density at radius 3 is 2.50 bits per heavy atom. The van der Waals surface area contributed by atoms with Crippen molar-refractivity contribution >= 4 is 27.2 Å². The van der Waals surface area contributed by atoms with Crippen molar-refractivity contribution in [3.63, 3.8) is 0 Å². The molecule has 0 aliphatic heterocycles. The van der Waals surface area contributed by atoms with E-state index in [-0.39, 0.29) is 15.9 Å². The van der Waals surface area contributed by atoms with E-state index >= 15 is 0 Å². The van der Waals surface area contributed by atoms with Gasteiger partial charge in [0.2, 0.25) is 10.0 Å². The summed E-state index contributed by atoms with van der Waals surface area (Å²) in [4.78, 5) is 0.270. The zero-order valence-electron chi connectivity index (χ0n) is 9.93. The van der Waals surface area contributed by atoms with Crippen molar-refractivity contribution in [2.75, 3.05) is 0 Å². The Balaban J connectivity index is 2.31. The fraction of sp³-hybridized carbons (Fsp3) is 0.417. The smallest absolute Gasteiger partial charge is 0.241 e. The summed E-state index contributed by atoms with van der Waals surface area (Å²) in [7, 11) is -3.54. The highest BCUT2D eigenvalue weighted by atomic mass is 32.2. The number of rotatable bonds is 4. The van der Waals surface area contributed by atoms with E-state index in [0.717, 1.165) is 25.7 Å². The van der Waals surface area contributed by atoms with Gasteiger partial charge in [0.25, 0.3) is 0 Å². The van der Waals surface area contributed by atoms with Crippen LogP contribution in [0.25, 0.3) is 0 Å². The summed E-state index contributed by atoms with van der Waals surface area (Å²) in [5, 5.41) is 0. The maximum atomic E-state index is 12.3. The van der Waals surface area contributed by atoms with E-state index in [1.165, 1.54) is 6.07 Å². The SMILES string of the molecule is NC(=S)c1ccccc1S(=O)(=O)NC1CCCC1. The first kappa shape index (κ1) is 13.5. The lowest BCUT2D eigenvalue weighted by Crippen LogP contribution is -2.33. The second-order valence-corrected chi connectivity index (χ2v) is 6.59. The van der Waals surface area contributed by atoms with Crippen LogP contribution in [0.1, 0.15) is 31.2 Å². The highest BCUT2D eigenvalue weighted by Gasteiger charge is 2.25. The second-order valence-electron chi connectivity index (χ2n) is 4.46. The van der Waals surface area contributed by atoms with Crippen LogP contribution in [0, 0.1) is 0 Å². The van der Waals surface area contributed by atoms with Crippen molar-refractivity contribution < 1.29 is 8.42 Å². The van der Waals surface area contributed by atoms with Crippen LogP contribution in [0.15, 0.2) is 29.2 Å². The van der Waals surface area contributed by atoms with Gasteiger partial charge in [0.1, 0.15) is 4.99 Å². The van der Waals surface area contributed by atoms with Crippen LogP contribution in [0.3, 0.4) is 0 Å². The monoisotopic (exact) mass is 284 g/mol. The minimum atomic E-state index is -3.54. The van der Waals surface area contributed by atoms with E-state index in [0.29, 0.717) is 5.56 Å². The number of hydrogen-bond donors (Lipinski definition) is 2. The van der Waals surface area contributed by atoms with Gasteiger partial charge in [0, 0.05) is 11.6 Å². The molecular weight excluding hydrogens is 268 g/mol. The Labute approximate surface area is 113 Å². The lowest BCUT2D eigenvalue weighted by atomic mass is 10.2. The normalized spacial score (nSPS) is 16.9. The average Bonchev–Trinajstić information content (AvgIpc) is 2.81. The molecule has 1 saturated carbocycles. The molecule has 6 heteroatoms. The predicted molar refractivity (Wildman–Crippen MR) is 74.9 cm³/mol. The molecule has 1 fully saturated rings. The number of sulfonamides is 1. The molecule has 0 aromatic heterocycles. The van der Waals surface area contributed by atoms with Gasteiger partial charge in [-0.3, -0.25) is 0 Å². The molecule has 18 heavy (non-hydrogen) atoms. The van der Waals surface area contributed by atoms with Crippen LogP contribution >= 0.6 is 12.2 Å². The molecule has 1 aliphatic rings. The maximum absolute atomic E-state index is 12.3. The lowest BCUT2D eigenvalue weighted by molar-refractivity contribution is 0.552.